The zero-order chi connectivity index (χ0) is 22.2. The number of carbonyl (C=O) groups is 1. The van der Waals surface area contributed by atoms with Gasteiger partial charge in [0.15, 0.2) is 5.69 Å². The van der Waals surface area contributed by atoms with Crippen LogP contribution < -0.4 is 9.64 Å². The van der Waals surface area contributed by atoms with Gasteiger partial charge in [-0.15, -0.1) is 0 Å². The van der Waals surface area contributed by atoms with Gasteiger partial charge < -0.3 is 9.57 Å². The van der Waals surface area contributed by atoms with Crippen LogP contribution in [0.5, 0.6) is 5.75 Å². The number of aromatic nitrogens is 2. The largest absolute Gasteiger partial charge is 0.496 e. The summed E-state index contributed by atoms with van der Waals surface area (Å²) in [4.78, 5) is 20.1. The molecule has 0 radical (unpaired) electrons. The second kappa shape index (κ2) is 7.91. The van der Waals surface area contributed by atoms with Gasteiger partial charge in [0.2, 0.25) is 0 Å². The molecule has 1 amide bonds. The standard InChI is InChI=1S/C24H26N4O3/c1-24(2,3)22-19-20(26-27-22)23(29)28(16-12-10-15(11-13-16)14-25-31-5)21(19)17-8-6-7-9-18(17)30-4/h6-14,21H,1-5H3,(H,26,27). The first kappa shape index (κ1) is 20.7. The van der Waals surface area contributed by atoms with Crippen molar-refractivity contribution in [3.8, 4) is 5.75 Å². The molecule has 1 N–H and O–H groups in total. The van der Waals surface area contributed by atoms with Crippen LogP contribution in [0.25, 0.3) is 0 Å². The zero-order valence-corrected chi connectivity index (χ0v) is 18.3. The number of nitrogens with one attached hydrogen (secondary N) is 1. The third-order valence-electron chi connectivity index (χ3n) is 5.42. The van der Waals surface area contributed by atoms with E-state index in [9.17, 15) is 4.79 Å². The Hall–Kier alpha value is -3.61. The lowest BCUT2D eigenvalue weighted by Gasteiger charge is -2.29. The number of rotatable bonds is 5. The summed E-state index contributed by atoms with van der Waals surface area (Å²) in [5, 5.41) is 11.3. The number of oxime groups is 1. The Bertz CT molecular complexity index is 1130. The third-order valence-corrected chi connectivity index (χ3v) is 5.42. The monoisotopic (exact) mass is 418 g/mol. The van der Waals surface area contributed by atoms with Gasteiger partial charge in [-0.25, -0.2) is 0 Å². The van der Waals surface area contributed by atoms with Crippen LogP contribution in [0, 0.1) is 0 Å². The molecule has 3 aromatic rings. The van der Waals surface area contributed by atoms with Gasteiger partial charge in [-0.05, 0) is 23.8 Å². The Morgan fingerprint density at radius 2 is 1.81 bits per heavy atom. The number of H-pyrrole nitrogens is 1. The lowest BCUT2D eigenvalue weighted by Crippen LogP contribution is -2.30. The van der Waals surface area contributed by atoms with E-state index in [0.717, 1.165) is 33.8 Å². The van der Waals surface area contributed by atoms with Crippen LogP contribution in [0.1, 0.15) is 59.7 Å². The second-order valence-corrected chi connectivity index (χ2v) is 8.44. The highest BCUT2D eigenvalue weighted by molar-refractivity contribution is 6.11. The fourth-order valence-electron chi connectivity index (χ4n) is 4.00. The number of amides is 1. The molecule has 1 aromatic heterocycles. The van der Waals surface area contributed by atoms with E-state index in [4.69, 9.17) is 9.57 Å². The topological polar surface area (TPSA) is 79.8 Å². The molecule has 0 spiro atoms. The zero-order valence-electron chi connectivity index (χ0n) is 18.3. The van der Waals surface area contributed by atoms with Gasteiger partial charge in [-0.3, -0.25) is 14.8 Å². The maximum Gasteiger partial charge on any atom is 0.280 e. The number of ether oxygens (including phenoxy) is 1. The number of methoxy groups -OCH3 is 1. The predicted octanol–water partition coefficient (Wildman–Crippen LogP) is 4.45. The molecule has 0 saturated carbocycles. The summed E-state index contributed by atoms with van der Waals surface area (Å²) in [6, 6.07) is 15.1. The molecule has 0 aliphatic carbocycles. The van der Waals surface area contributed by atoms with Crippen molar-refractivity contribution in [2.45, 2.75) is 32.2 Å². The molecule has 0 bridgehead atoms. The van der Waals surface area contributed by atoms with Gasteiger partial charge in [0.1, 0.15) is 12.9 Å². The summed E-state index contributed by atoms with van der Waals surface area (Å²) in [6.45, 7) is 6.32. The van der Waals surface area contributed by atoms with Crippen LogP contribution in [-0.2, 0) is 10.3 Å². The van der Waals surface area contributed by atoms with E-state index in [1.165, 1.54) is 7.11 Å². The van der Waals surface area contributed by atoms with Crippen LogP contribution in [0.4, 0.5) is 5.69 Å². The van der Waals surface area contributed by atoms with Crippen LogP contribution in [0.15, 0.2) is 53.7 Å². The molecule has 1 unspecified atom stereocenters. The van der Waals surface area contributed by atoms with E-state index in [1.54, 1.807) is 18.2 Å². The van der Waals surface area contributed by atoms with Crippen LogP contribution >= 0.6 is 0 Å². The van der Waals surface area contributed by atoms with E-state index in [-0.39, 0.29) is 17.4 Å². The highest BCUT2D eigenvalue weighted by Gasteiger charge is 2.45. The van der Waals surface area contributed by atoms with Crippen molar-refractivity contribution in [2.24, 2.45) is 5.16 Å². The van der Waals surface area contributed by atoms with Crippen molar-refractivity contribution in [2.75, 3.05) is 19.1 Å². The van der Waals surface area contributed by atoms with E-state index >= 15 is 0 Å². The molecular weight excluding hydrogens is 392 g/mol. The lowest BCUT2D eigenvalue weighted by atomic mass is 9.85. The van der Waals surface area contributed by atoms with E-state index in [0.29, 0.717) is 5.69 Å². The maximum atomic E-state index is 13.5. The molecule has 7 heteroatoms. The first-order chi connectivity index (χ1) is 14.9. The molecule has 1 atom stereocenters. The number of nitrogens with zero attached hydrogens (tertiary/aromatic N) is 3. The van der Waals surface area contributed by atoms with E-state index in [1.807, 2.05) is 48.5 Å². The molecule has 1 aliphatic rings. The van der Waals surface area contributed by atoms with Crippen molar-refractivity contribution in [1.82, 2.24) is 10.2 Å². The first-order valence-corrected chi connectivity index (χ1v) is 10.1. The summed E-state index contributed by atoms with van der Waals surface area (Å²) in [5.41, 5.74) is 4.63. The number of anilines is 1. The Balaban J connectivity index is 1.89. The SMILES string of the molecule is CON=Cc1ccc(N2C(=O)c3n[nH]c(C(C)(C)C)c3C2c2ccccc2OC)cc1. The van der Waals surface area contributed by atoms with Gasteiger partial charge in [0, 0.05) is 27.9 Å². The summed E-state index contributed by atoms with van der Waals surface area (Å²) in [5.74, 6) is 0.582. The van der Waals surface area contributed by atoms with Crippen molar-refractivity contribution in [1.29, 1.82) is 0 Å². The summed E-state index contributed by atoms with van der Waals surface area (Å²) in [6.07, 6.45) is 1.62. The number of para-hydroxylation sites is 1. The van der Waals surface area contributed by atoms with Gasteiger partial charge >= 0.3 is 0 Å². The van der Waals surface area contributed by atoms with Crippen LogP contribution in [0.3, 0.4) is 0 Å². The first-order valence-electron chi connectivity index (χ1n) is 10.1. The minimum atomic E-state index is -0.356. The number of hydrogen-bond donors (Lipinski definition) is 1. The summed E-state index contributed by atoms with van der Waals surface area (Å²) >= 11 is 0. The van der Waals surface area contributed by atoms with Crippen molar-refractivity contribution in [3.05, 3.63) is 76.6 Å². The highest BCUT2D eigenvalue weighted by Crippen LogP contribution is 2.47. The molecule has 0 fully saturated rings. The normalized spacial score (nSPS) is 16.1. The van der Waals surface area contributed by atoms with Crippen molar-refractivity contribution >= 4 is 17.8 Å². The molecular formula is C24H26N4O3. The maximum absolute atomic E-state index is 13.5. The minimum Gasteiger partial charge on any atom is -0.496 e. The van der Waals surface area contributed by atoms with E-state index in [2.05, 4.69) is 36.1 Å². The third kappa shape index (κ3) is 3.56. The predicted molar refractivity (Wildman–Crippen MR) is 120 cm³/mol. The van der Waals surface area contributed by atoms with E-state index < -0.39 is 0 Å². The number of aromatic amines is 1. The number of fused-ring (bicyclic) bond motifs is 1. The fraction of sp³-hybridized carbons (Fsp3) is 0.292. The van der Waals surface area contributed by atoms with Gasteiger partial charge in [0.05, 0.1) is 19.4 Å². The Morgan fingerprint density at radius 1 is 1.10 bits per heavy atom. The van der Waals surface area contributed by atoms with Crippen molar-refractivity contribution < 1.29 is 14.4 Å². The molecule has 2 heterocycles. The van der Waals surface area contributed by atoms with Gasteiger partial charge in [-0.1, -0.05) is 56.3 Å². The molecule has 160 valence electrons. The number of hydrogen-bond acceptors (Lipinski definition) is 5. The number of benzene rings is 2. The quantitative estimate of drug-likeness (QED) is 0.491. The molecule has 2 aromatic carbocycles. The summed E-state index contributed by atoms with van der Waals surface area (Å²) in [7, 11) is 3.14. The highest BCUT2D eigenvalue weighted by atomic mass is 16.6. The van der Waals surface area contributed by atoms with Gasteiger partial charge in [-0.2, -0.15) is 5.10 Å². The second-order valence-electron chi connectivity index (χ2n) is 8.44. The average Bonchev–Trinajstić information content (AvgIpc) is 3.32. The molecule has 0 saturated heterocycles. The van der Waals surface area contributed by atoms with Crippen LogP contribution in [0.2, 0.25) is 0 Å². The molecule has 4 rings (SSSR count). The molecule has 31 heavy (non-hydrogen) atoms. The lowest BCUT2D eigenvalue weighted by molar-refractivity contribution is 0.0988. The Labute approximate surface area is 181 Å². The average molecular weight is 418 g/mol. The Morgan fingerprint density at radius 3 is 2.45 bits per heavy atom. The molecule has 7 nitrogen and oxygen atoms in total. The smallest absolute Gasteiger partial charge is 0.280 e. The summed E-state index contributed by atoms with van der Waals surface area (Å²) < 4.78 is 5.66. The minimum absolute atomic E-state index is 0.143. The molecule has 1 aliphatic heterocycles. The van der Waals surface area contributed by atoms with Crippen molar-refractivity contribution in [3.63, 3.8) is 0 Å². The van der Waals surface area contributed by atoms with Gasteiger partial charge in [0.25, 0.3) is 5.91 Å². The number of carbonyl (C=O) groups excluding carboxylic acids is 1. The van der Waals surface area contributed by atoms with Crippen LogP contribution in [-0.4, -0.2) is 36.5 Å². The fourth-order valence-corrected chi connectivity index (χ4v) is 4.00. The Kier molecular flexibility index (Phi) is 5.27.